The van der Waals surface area contributed by atoms with Crippen LogP contribution in [0.1, 0.15) is 35.7 Å². The predicted molar refractivity (Wildman–Crippen MR) is 135 cm³/mol. The van der Waals surface area contributed by atoms with E-state index in [2.05, 4.69) is 57.6 Å². The highest BCUT2D eigenvalue weighted by molar-refractivity contribution is 6.32. The van der Waals surface area contributed by atoms with Crippen LogP contribution in [-0.4, -0.2) is 48.3 Å². The van der Waals surface area contributed by atoms with E-state index in [9.17, 15) is 4.79 Å². The number of hydrogen-bond acceptors (Lipinski definition) is 7. The van der Waals surface area contributed by atoms with E-state index in [1.54, 1.807) is 12.1 Å². The predicted octanol–water partition coefficient (Wildman–Crippen LogP) is 4.91. The van der Waals surface area contributed by atoms with Gasteiger partial charge in [-0.1, -0.05) is 52.7 Å². The number of aromatic nitrogens is 2. The van der Waals surface area contributed by atoms with Gasteiger partial charge in [0.1, 0.15) is 11.5 Å². The molecular formula is C26H29ClN4O4. The molecule has 1 aliphatic rings. The molecular weight excluding hydrogens is 468 g/mol. The maximum absolute atomic E-state index is 12.5. The fourth-order valence-corrected chi connectivity index (χ4v) is 4.25. The van der Waals surface area contributed by atoms with Crippen molar-refractivity contribution < 1.29 is 18.8 Å². The molecule has 0 unspecified atom stereocenters. The Kier molecular flexibility index (Phi) is 8.05. The number of ether oxygens (including phenoxy) is 2. The van der Waals surface area contributed by atoms with Crippen molar-refractivity contribution in [2.75, 3.05) is 32.6 Å². The topological polar surface area (TPSA) is 89.7 Å². The highest BCUT2D eigenvalue weighted by Gasteiger charge is 2.18. The fourth-order valence-electron chi connectivity index (χ4n) is 4.00. The van der Waals surface area contributed by atoms with Crippen molar-refractivity contribution in [3.8, 4) is 11.5 Å². The Morgan fingerprint density at radius 3 is 2.74 bits per heavy atom. The summed E-state index contributed by atoms with van der Waals surface area (Å²) >= 11 is 6.17. The lowest BCUT2D eigenvalue weighted by atomic mass is 10.1. The van der Waals surface area contributed by atoms with Gasteiger partial charge in [0.2, 0.25) is 11.8 Å². The molecule has 1 aliphatic heterocycles. The first-order valence-corrected chi connectivity index (χ1v) is 11.8. The second-order valence-electron chi connectivity index (χ2n) is 8.45. The van der Waals surface area contributed by atoms with Gasteiger partial charge < -0.3 is 19.3 Å². The number of carbonyl (C=O) groups is 1. The molecule has 0 aliphatic carbocycles. The van der Waals surface area contributed by atoms with Gasteiger partial charge >= 0.3 is 0 Å². The number of aryl methyl sites for hydroxylation is 2. The Bertz CT molecular complexity index is 1220. The van der Waals surface area contributed by atoms with Crippen molar-refractivity contribution in [3.05, 3.63) is 70.3 Å². The van der Waals surface area contributed by atoms with Gasteiger partial charge in [0, 0.05) is 38.5 Å². The van der Waals surface area contributed by atoms with Crippen LogP contribution in [0.15, 0.2) is 47.0 Å². The van der Waals surface area contributed by atoms with Crippen molar-refractivity contribution in [2.45, 2.75) is 32.7 Å². The zero-order valence-electron chi connectivity index (χ0n) is 20.1. The summed E-state index contributed by atoms with van der Waals surface area (Å²) in [5, 5.41) is 7.31. The fraction of sp³-hybridized carbons (Fsp3) is 0.346. The summed E-state index contributed by atoms with van der Waals surface area (Å²) in [5.74, 6) is 1.74. The number of rotatable bonds is 9. The lowest BCUT2D eigenvalue weighted by Gasteiger charge is -2.25. The van der Waals surface area contributed by atoms with Crippen LogP contribution in [-0.2, 0) is 17.8 Å². The standard InChI is InChI=1S/C26H29ClN4O4/c1-17-5-4-6-18(13-17)16-31-11-9-19(10-12-31)26-29-25(35-30-26)8-7-24(32)28-21-14-20(27)22(33-2)15-23(21)34-3/h4-6,9,13-15H,7-8,10-12,16H2,1-3H3,(H,28,32). The van der Waals surface area contributed by atoms with Gasteiger partial charge in [-0.3, -0.25) is 9.69 Å². The Labute approximate surface area is 209 Å². The average Bonchev–Trinajstić information content (AvgIpc) is 3.33. The minimum Gasteiger partial charge on any atom is -0.495 e. The van der Waals surface area contributed by atoms with Crippen LogP contribution in [0.25, 0.3) is 5.57 Å². The molecule has 0 saturated carbocycles. The highest BCUT2D eigenvalue weighted by Crippen LogP contribution is 2.36. The number of nitrogens with one attached hydrogen (secondary N) is 1. The quantitative estimate of drug-likeness (QED) is 0.450. The monoisotopic (exact) mass is 496 g/mol. The molecule has 0 fully saturated rings. The van der Waals surface area contributed by atoms with Crippen LogP contribution < -0.4 is 14.8 Å². The van der Waals surface area contributed by atoms with E-state index >= 15 is 0 Å². The van der Waals surface area contributed by atoms with Crippen molar-refractivity contribution in [2.24, 2.45) is 0 Å². The van der Waals surface area contributed by atoms with Crippen LogP contribution >= 0.6 is 11.6 Å². The Hall–Kier alpha value is -3.36. The van der Waals surface area contributed by atoms with Crippen LogP contribution in [0.2, 0.25) is 5.02 Å². The summed E-state index contributed by atoms with van der Waals surface area (Å²) in [7, 11) is 3.03. The van der Waals surface area contributed by atoms with E-state index in [0.29, 0.717) is 40.3 Å². The SMILES string of the molecule is COc1cc(OC)c(NC(=O)CCc2nc(C3=CCN(Cc4cccc(C)c4)CC3)no2)cc1Cl. The Morgan fingerprint density at radius 1 is 1.20 bits per heavy atom. The van der Waals surface area contributed by atoms with Crippen molar-refractivity contribution >= 4 is 28.8 Å². The second kappa shape index (κ2) is 11.4. The van der Waals surface area contributed by atoms with Gasteiger partial charge in [-0.15, -0.1) is 0 Å². The highest BCUT2D eigenvalue weighted by atomic mass is 35.5. The average molecular weight is 497 g/mol. The zero-order chi connectivity index (χ0) is 24.8. The van der Waals surface area contributed by atoms with Gasteiger partial charge in [0.15, 0.2) is 5.82 Å². The first-order valence-electron chi connectivity index (χ1n) is 11.5. The third-order valence-electron chi connectivity index (χ3n) is 5.85. The maximum Gasteiger partial charge on any atom is 0.227 e. The molecule has 0 radical (unpaired) electrons. The smallest absolute Gasteiger partial charge is 0.227 e. The molecule has 0 atom stereocenters. The molecule has 35 heavy (non-hydrogen) atoms. The number of benzene rings is 2. The summed E-state index contributed by atoms with van der Waals surface area (Å²) in [6.45, 7) is 4.79. The molecule has 0 spiro atoms. The van der Waals surface area contributed by atoms with Crippen molar-refractivity contribution in [3.63, 3.8) is 0 Å². The van der Waals surface area contributed by atoms with Crippen molar-refractivity contribution in [1.29, 1.82) is 0 Å². The molecule has 0 saturated heterocycles. The molecule has 2 aromatic carbocycles. The van der Waals surface area contributed by atoms with Gasteiger partial charge in [-0.05, 0) is 30.5 Å². The molecule has 1 amide bonds. The number of halogens is 1. The number of methoxy groups -OCH3 is 2. The second-order valence-corrected chi connectivity index (χ2v) is 8.86. The first-order chi connectivity index (χ1) is 16.9. The number of carbonyl (C=O) groups excluding carboxylic acids is 1. The Morgan fingerprint density at radius 2 is 2.03 bits per heavy atom. The lowest BCUT2D eigenvalue weighted by molar-refractivity contribution is -0.116. The molecule has 8 nitrogen and oxygen atoms in total. The van der Waals surface area contributed by atoms with Gasteiger partial charge in [-0.25, -0.2) is 0 Å². The van der Waals surface area contributed by atoms with E-state index in [4.69, 9.17) is 25.6 Å². The molecule has 2 heterocycles. The van der Waals surface area contributed by atoms with E-state index in [0.717, 1.165) is 31.6 Å². The molecule has 0 bridgehead atoms. The van der Waals surface area contributed by atoms with E-state index in [-0.39, 0.29) is 12.3 Å². The van der Waals surface area contributed by atoms with Gasteiger partial charge in [0.05, 0.1) is 24.9 Å². The van der Waals surface area contributed by atoms with Gasteiger partial charge in [-0.2, -0.15) is 4.98 Å². The number of nitrogens with zero attached hydrogens (tertiary/aromatic N) is 3. The lowest BCUT2D eigenvalue weighted by Crippen LogP contribution is -2.28. The summed E-state index contributed by atoms with van der Waals surface area (Å²) in [6, 6.07) is 11.8. The van der Waals surface area contributed by atoms with Gasteiger partial charge in [0.25, 0.3) is 0 Å². The number of anilines is 1. The molecule has 1 aromatic heterocycles. The minimum absolute atomic E-state index is 0.178. The Balaban J connectivity index is 1.30. The van der Waals surface area contributed by atoms with E-state index < -0.39 is 0 Å². The van der Waals surface area contributed by atoms with E-state index in [1.165, 1.54) is 25.3 Å². The first kappa shape index (κ1) is 24.8. The summed E-state index contributed by atoms with van der Waals surface area (Å²) < 4.78 is 15.9. The molecule has 3 aromatic rings. The molecule has 1 N–H and O–H groups in total. The van der Waals surface area contributed by atoms with Crippen LogP contribution in [0, 0.1) is 6.92 Å². The molecule has 184 valence electrons. The summed E-state index contributed by atoms with van der Waals surface area (Å²) in [4.78, 5) is 19.4. The summed E-state index contributed by atoms with van der Waals surface area (Å²) in [6.07, 6.45) is 3.51. The maximum atomic E-state index is 12.5. The zero-order valence-corrected chi connectivity index (χ0v) is 20.9. The number of amides is 1. The van der Waals surface area contributed by atoms with Crippen LogP contribution in [0.4, 0.5) is 5.69 Å². The number of hydrogen-bond donors (Lipinski definition) is 1. The molecule has 9 heteroatoms. The van der Waals surface area contributed by atoms with Crippen LogP contribution in [0.3, 0.4) is 0 Å². The third kappa shape index (κ3) is 6.41. The summed E-state index contributed by atoms with van der Waals surface area (Å²) in [5.41, 5.74) is 4.13. The largest absolute Gasteiger partial charge is 0.495 e. The third-order valence-corrected chi connectivity index (χ3v) is 6.15. The van der Waals surface area contributed by atoms with E-state index in [1.807, 2.05) is 0 Å². The minimum atomic E-state index is -0.215. The van der Waals surface area contributed by atoms with Crippen LogP contribution in [0.5, 0.6) is 11.5 Å². The normalized spacial score (nSPS) is 13.9. The van der Waals surface area contributed by atoms with Crippen molar-refractivity contribution in [1.82, 2.24) is 15.0 Å². The molecule has 4 rings (SSSR count).